The van der Waals surface area contributed by atoms with Crippen molar-refractivity contribution in [3.63, 3.8) is 0 Å². The first-order chi connectivity index (χ1) is 8.58. The molecule has 1 amide bonds. The van der Waals surface area contributed by atoms with E-state index in [2.05, 4.69) is 5.32 Å². The average Bonchev–Trinajstić information content (AvgIpc) is 2.84. The quantitative estimate of drug-likeness (QED) is 0.644. The summed E-state index contributed by atoms with van der Waals surface area (Å²) in [4.78, 5) is 23.1. The van der Waals surface area contributed by atoms with Crippen LogP contribution in [0.4, 0.5) is 0 Å². The predicted octanol–water partition coefficient (Wildman–Crippen LogP) is -0.192. The van der Waals surface area contributed by atoms with Crippen LogP contribution in [0.2, 0.25) is 0 Å². The van der Waals surface area contributed by atoms with Gasteiger partial charge in [0, 0.05) is 13.1 Å². The Bertz CT molecular complexity index is 296. The highest BCUT2D eigenvalue weighted by Crippen LogP contribution is 2.18. The number of esters is 1. The van der Waals surface area contributed by atoms with Crippen molar-refractivity contribution in [3.8, 4) is 0 Å². The number of carbonyl (C=O) groups is 2. The van der Waals surface area contributed by atoms with Crippen LogP contribution in [0.25, 0.3) is 0 Å². The van der Waals surface area contributed by atoms with Crippen LogP contribution in [0.5, 0.6) is 0 Å². The fraction of sp³-hybridized carbons (Fsp3) is 0.833. The molecule has 104 valence electrons. The van der Waals surface area contributed by atoms with E-state index in [4.69, 9.17) is 15.2 Å². The molecule has 3 N–H and O–H groups in total. The Hall–Kier alpha value is -1.14. The average molecular weight is 258 g/mol. The summed E-state index contributed by atoms with van der Waals surface area (Å²) < 4.78 is 10.3. The van der Waals surface area contributed by atoms with Crippen LogP contribution in [0.1, 0.15) is 26.7 Å². The van der Waals surface area contributed by atoms with E-state index in [9.17, 15) is 9.59 Å². The Morgan fingerprint density at radius 3 is 2.78 bits per heavy atom. The first-order valence-corrected chi connectivity index (χ1v) is 6.38. The van der Waals surface area contributed by atoms with Gasteiger partial charge in [-0.25, -0.2) is 0 Å². The van der Waals surface area contributed by atoms with Gasteiger partial charge in [0.15, 0.2) is 0 Å². The Labute approximate surface area is 107 Å². The number of hydrogen-bond donors (Lipinski definition) is 2. The first-order valence-electron chi connectivity index (χ1n) is 6.38. The highest BCUT2D eigenvalue weighted by atomic mass is 16.5. The summed E-state index contributed by atoms with van der Waals surface area (Å²) in [5.74, 6) is -0.826. The predicted molar refractivity (Wildman–Crippen MR) is 65.8 cm³/mol. The van der Waals surface area contributed by atoms with E-state index in [1.54, 1.807) is 13.8 Å². The van der Waals surface area contributed by atoms with E-state index in [0.717, 1.165) is 6.42 Å². The Kier molecular flexibility index (Phi) is 6.07. The van der Waals surface area contributed by atoms with Crippen LogP contribution in [-0.2, 0) is 19.1 Å². The second-order valence-electron chi connectivity index (χ2n) is 4.46. The lowest BCUT2D eigenvalue weighted by molar-refractivity contribution is -0.147. The maximum atomic E-state index is 11.8. The topological polar surface area (TPSA) is 90.7 Å². The molecule has 3 atom stereocenters. The molecule has 1 fully saturated rings. The molecular weight excluding hydrogens is 236 g/mol. The molecule has 0 aromatic carbocycles. The lowest BCUT2D eigenvalue weighted by atomic mass is 10.1. The van der Waals surface area contributed by atoms with Crippen LogP contribution in [0, 0.1) is 5.92 Å². The molecule has 0 bridgehead atoms. The van der Waals surface area contributed by atoms with Gasteiger partial charge in [0.05, 0.1) is 18.6 Å². The molecule has 1 heterocycles. The van der Waals surface area contributed by atoms with Crippen molar-refractivity contribution >= 4 is 11.9 Å². The molecule has 18 heavy (non-hydrogen) atoms. The normalized spacial score (nSPS) is 24.6. The van der Waals surface area contributed by atoms with E-state index >= 15 is 0 Å². The van der Waals surface area contributed by atoms with E-state index in [0.29, 0.717) is 19.6 Å². The first kappa shape index (κ1) is 14.9. The highest BCUT2D eigenvalue weighted by molar-refractivity contribution is 5.81. The van der Waals surface area contributed by atoms with Gasteiger partial charge >= 0.3 is 5.97 Å². The smallest absolute Gasteiger partial charge is 0.310 e. The Morgan fingerprint density at radius 2 is 2.22 bits per heavy atom. The summed E-state index contributed by atoms with van der Waals surface area (Å²) in [6.07, 6.45) is 1.03. The SMILES string of the molecule is CCOC(=O)C(C)CNC(=O)[C@@H]1CC[C@H](CN)O1. The number of amides is 1. The third-order valence-electron chi connectivity index (χ3n) is 2.93. The van der Waals surface area contributed by atoms with Crippen LogP contribution in [0.15, 0.2) is 0 Å². The maximum Gasteiger partial charge on any atom is 0.310 e. The van der Waals surface area contributed by atoms with Gasteiger partial charge in [0.1, 0.15) is 6.10 Å². The van der Waals surface area contributed by atoms with Crippen molar-refractivity contribution in [1.82, 2.24) is 5.32 Å². The summed E-state index contributed by atoms with van der Waals surface area (Å²) in [5, 5.41) is 2.70. The number of rotatable bonds is 6. The van der Waals surface area contributed by atoms with Crippen LogP contribution in [-0.4, -0.2) is 43.8 Å². The molecule has 1 aliphatic heterocycles. The molecule has 6 heteroatoms. The van der Waals surface area contributed by atoms with Gasteiger partial charge in [-0.05, 0) is 19.8 Å². The van der Waals surface area contributed by atoms with Gasteiger partial charge in [0.25, 0.3) is 0 Å². The van der Waals surface area contributed by atoms with E-state index in [1.165, 1.54) is 0 Å². The largest absolute Gasteiger partial charge is 0.466 e. The van der Waals surface area contributed by atoms with Crippen molar-refractivity contribution < 1.29 is 19.1 Å². The Morgan fingerprint density at radius 1 is 1.50 bits per heavy atom. The molecule has 1 unspecified atom stereocenters. The summed E-state index contributed by atoms with van der Waals surface area (Å²) in [6.45, 7) is 4.52. The molecule has 0 radical (unpaired) electrons. The van der Waals surface area contributed by atoms with E-state index < -0.39 is 6.10 Å². The standard InChI is InChI=1S/C12H22N2O4/c1-3-17-12(16)8(2)7-14-11(15)10-5-4-9(6-13)18-10/h8-10H,3-7,13H2,1-2H3,(H,14,15)/t8?,9-,10+/m1/s1. The fourth-order valence-electron chi connectivity index (χ4n) is 1.81. The molecule has 0 saturated carbocycles. The van der Waals surface area contributed by atoms with Crippen molar-refractivity contribution in [3.05, 3.63) is 0 Å². The molecule has 0 aromatic heterocycles. The van der Waals surface area contributed by atoms with Crippen LogP contribution < -0.4 is 11.1 Å². The summed E-state index contributed by atoms with van der Waals surface area (Å²) >= 11 is 0. The minimum Gasteiger partial charge on any atom is -0.466 e. The molecule has 6 nitrogen and oxygen atoms in total. The summed E-state index contributed by atoms with van der Waals surface area (Å²) in [6, 6.07) is 0. The van der Waals surface area contributed by atoms with Crippen molar-refractivity contribution in [2.75, 3.05) is 19.7 Å². The van der Waals surface area contributed by atoms with Gasteiger partial charge in [-0.15, -0.1) is 0 Å². The lowest BCUT2D eigenvalue weighted by Gasteiger charge is -2.15. The Balaban J connectivity index is 2.27. The molecule has 1 rings (SSSR count). The second-order valence-corrected chi connectivity index (χ2v) is 4.46. The second kappa shape index (κ2) is 7.33. The number of carbonyl (C=O) groups excluding carboxylic acids is 2. The molecule has 0 aliphatic carbocycles. The minimum absolute atomic E-state index is 0.0248. The van der Waals surface area contributed by atoms with E-state index in [-0.39, 0.29) is 30.4 Å². The number of nitrogens with one attached hydrogen (secondary N) is 1. The maximum absolute atomic E-state index is 11.8. The number of ether oxygens (including phenoxy) is 2. The molecule has 1 aliphatic rings. The lowest BCUT2D eigenvalue weighted by Crippen LogP contribution is -2.39. The van der Waals surface area contributed by atoms with E-state index in [1.807, 2.05) is 0 Å². The third kappa shape index (κ3) is 4.27. The minimum atomic E-state index is -0.437. The number of hydrogen-bond acceptors (Lipinski definition) is 5. The van der Waals surface area contributed by atoms with Gasteiger partial charge in [0.2, 0.25) is 5.91 Å². The fourth-order valence-corrected chi connectivity index (χ4v) is 1.81. The monoisotopic (exact) mass is 258 g/mol. The van der Waals surface area contributed by atoms with Crippen molar-refractivity contribution in [1.29, 1.82) is 0 Å². The third-order valence-corrected chi connectivity index (χ3v) is 2.93. The zero-order valence-corrected chi connectivity index (χ0v) is 11.0. The summed E-state index contributed by atoms with van der Waals surface area (Å²) in [5.41, 5.74) is 5.47. The van der Waals surface area contributed by atoms with Gasteiger partial charge in [-0.3, -0.25) is 9.59 Å². The zero-order valence-electron chi connectivity index (χ0n) is 11.0. The van der Waals surface area contributed by atoms with Gasteiger partial charge in [-0.1, -0.05) is 6.92 Å². The number of nitrogens with two attached hydrogens (primary N) is 1. The molecular formula is C12H22N2O4. The molecule has 0 aromatic rings. The van der Waals surface area contributed by atoms with Crippen LogP contribution >= 0.6 is 0 Å². The van der Waals surface area contributed by atoms with Crippen molar-refractivity contribution in [2.24, 2.45) is 11.7 Å². The van der Waals surface area contributed by atoms with Gasteiger partial charge < -0.3 is 20.5 Å². The van der Waals surface area contributed by atoms with Gasteiger partial charge in [-0.2, -0.15) is 0 Å². The highest BCUT2D eigenvalue weighted by Gasteiger charge is 2.30. The van der Waals surface area contributed by atoms with Crippen molar-refractivity contribution in [2.45, 2.75) is 38.9 Å². The molecule has 1 saturated heterocycles. The molecule has 0 spiro atoms. The summed E-state index contributed by atoms with van der Waals surface area (Å²) in [7, 11) is 0. The zero-order chi connectivity index (χ0) is 13.5. The van der Waals surface area contributed by atoms with Crippen LogP contribution in [0.3, 0.4) is 0 Å².